The predicted molar refractivity (Wildman–Crippen MR) is 98.5 cm³/mol. The summed E-state index contributed by atoms with van der Waals surface area (Å²) in [5.74, 6) is -1.63. The number of para-hydroxylation sites is 1. The number of anilines is 1. The van der Waals surface area contributed by atoms with Crippen LogP contribution in [-0.4, -0.2) is 61.9 Å². The van der Waals surface area contributed by atoms with E-state index in [0.717, 1.165) is 0 Å². The van der Waals surface area contributed by atoms with Gasteiger partial charge >= 0.3 is 5.97 Å². The molecule has 4 rings (SSSR count). The van der Waals surface area contributed by atoms with E-state index >= 15 is 0 Å². The highest BCUT2D eigenvalue weighted by molar-refractivity contribution is 6.14. The van der Waals surface area contributed by atoms with Crippen molar-refractivity contribution in [2.45, 2.75) is 31.5 Å². The highest BCUT2D eigenvalue weighted by Crippen LogP contribution is 2.49. The van der Waals surface area contributed by atoms with Gasteiger partial charge in [0.2, 0.25) is 11.8 Å². The molecule has 2 aliphatic heterocycles. The number of esters is 1. The smallest absolute Gasteiger partial charge is 0.339 e. The maximum atomic E-state index is 13.1. The van der Waals surface area contributed by atoms with Gasteiger partial charge in [-0.3, -0.25) is 9.59 Å². The number of hydrogen-bond donors (Lipinski definition) is 1. The molecule has 2 amide bonds. The van der Waals surface area contributed by atoms with E-state index in [4.69, 9.17) is 14.2 Å². The molecule has 8 nitrogen and oxygen atoms in total. The topological polar surface area (TPSA) is 94.2 Å². The first-order valence-corrected chi connectivity index (χ1v) is 9.56. The number of piperidine rings is 1. The van der Waals surface area contributed by atoms with E-state index in [9.17, 15) is 14.4 Å². The van der Waals surface area contributed by atoms with E-state index < -0.39 is 17.2 Å². The third-order valence-electron chi connectivity index (χ3n) is 5.80. The molecule has 0 bridgehead atoms. The Morgan fingerprint density at radius 1 is 1.04 bits per heavy atom. The molecule has 1 saturated carbocycles. The van der Waals surface area contributed by atoms with Gasteiger partial charge < -0.3 is 24.4 Å². The molecule has 8 heteroatoms. The van der Waals surface area contributed by atoms with Gasteiger partial charge in [-0.2, -0.15) is 0 Å². The second kappa shape index (κ2) is 7.18. The Bertz CT molecular complexity index is 788. The number of methoxy groups -OCH3 is 1. The highest BCUT2D eigenvalue weighted by Gasteiger charge is 2.59. The summed E-state index contributed by atoms with van der Waals surface area (Å²) in [7, 11) is 1.29. The van der Waals surface area contributed by atoms with Gasteiger partial charge in [-0.1, -0.05) is 12.1 Å². The SMILES string of the molecule is COC(=O)c1ccccc1NC(=O)C1(C(=O)N2CCC3(CC2)OCCO3)CC1. The van der Waals surface area contributed by atoms with Crippen LogP contribution in [-0.2, 0) is 23.8 Å². The van der Waals surface area contributed by atoms with Gasteiger partial charge in [0, 0.05) is 25.9 Å². The van der Waals surface area contributed by atoms with Crippen LogP contribution in [0.2, 0.25) is 0 Å². The van der Waals surface area contributed by atoms with Crippen LogP contribution in [0, 0.1) is 5.41 Å². The van der Waals surface area contributed by atoms with E-state index in [1.165, 1.54) is 7.11 Å². The number of benzene rings is 1. The summed E-state index contributed by atoms with van der Waals surface area (Å²) in [6.07, 6.45) is 2.24. The molecule has 0 radical (unpaired) electrons. The first-order chi connectivity index (χ1) is 13.5. The lowest BCUT2D eigenvalue weighted by Crippen LogP contribution is -2.51. The minimum atomic E-state index is -1.05. The van der Waals surface area contributed by atoms with E-state index in [1.807, 2.05) is 0 Å². The van der Waals surface area contributed by atoms with Crippen LogP contribution in [0.25, 0.3) is 0 Å². The van der Waals surface area contributed by atoms with Crippen molar-refractivity contribution in [3.8, 4) is 0 Å². The Balaban J connectivity index is 1.44. The standard InChI is InChI=1S/C20H24N2O6/c1-26-16(23)14-4-2-3-5-15(14)21-17(24)19(6-7-19)18(25)22-10-8-20(9-11-22)27-12-13-28-20/h2-5H,6-13H2,1H3,(H,21,24). The third-order valence-corrected chi connectivity index (χ3v) is 5.80. The molecule has 2 saturated heterocycles. The predicted octanol–water partition coefficient (Wildman–Crippen LogP) is 1.56. The highest BCUT2D eigenvalue weighted by atomic mass is 16.7. The molecule has 1 aliphatic carbocycles. The fourth-order valence-corrected chi connectivity index (χ4v) is 3.92. The maximum Gasteiger partial charge on any atom is 0.339 e. The second-order valence-corrected chi connectivity index (χ2v) is 7.47. The molecule has 0 unspecified atom stereocenters. The van der Waals surface area contributed by atoms with Gasteiger partial charge in [-0.25, -0.2) is 4.79 Å². The number of amides is 2. The quantitative estimate of drug-likeness (QED) is 0.621. The number of nitrogens with zero attached hydrogens (tertiary/aromatic N) is 1. The number of carbonyl (C=O) groups excluding carboxylic acids is 3. The first kappa shape index (κ1) is 18.9. The van der Waals surface area contributed by atoms with Gasteiger partial charge in [0.15, 0.2) is 5.79 Å². The van der Waals surface area contributed by atoms with Crippen LogP contribution >= 0.6 is 0 Å². The fraction of sp³-hybridized carbons (Fsp3) is 0.550. The molecular weight excluding hydrogens is 364 g/mol. The number of likely N-dealkylation sites (tertiary alicyclic amines) is 1. The van der Waals surface area contributed by atoms with Crippen LogP contribution in [0.4, 0.5) is 5.69 Å². The monoisotopic (exact) mass is 388 g/mol. The van der Waals surface area contributed by atoms with Crippen molar-refractivity contribution in [1.29, 1.82) is 0 Å². The first-order valence-electron chi connectivity index (χ1n) is 9.56. The molecule has 3 fully saturated rings. The minimum absolute atomic E-state index is 0.159. The average molecular weight is 388 g/mol. The number of nitrogens with one attached hydrogen (secondary N) is 1. The van der Waals surface area contributed by atoms with E-state index in [0.29, 0.717) is 57.7 Å². The zero-order valence-corrected chi connectivity index (χ0v) is 15.9. The van der Waals surface area contributed by atoms with E-state index in [2.05, 4.69) is 5.32 Å². The van der Waals surface area contributed by atoms with Crippen molar-refractivity contribution in [1.82, 2.24) is 4.90 Å². The van der Waals surface area contributed by atoms with Crippen molar-refractivity contribution in [2.24, 2.45) is 5.41 Å². The van der Waals surface area contributed by atoms with E-state index in [-0.39, 0.29) is 17.4 Å². The lowest BCUT2D eigenvalue weighted by atomic mass is 9.98. The molecule has 0 atom stereocenters. The summed E-state index contributed by atoms with van der Waals surface area (Å²) in [5, 5.41) is 2.76. The lowest BCUT2D eigenvalue weighted by Gasteiger charge is -2.38. The van der Waals surface area contributed by atoms with Gasteiger partial charge in [0.05, 0.1) is 31.6 Å². The Kier molecular flexibility index (Phi) is 4.84. The van der Waals surface area contributed by atoms with Gasteiger partial charge in [-0.05, 0) is 25.0 Å². The normalized spacial score (nSPS) is 22.0. The Labute approximate surface area is 163 Å². The van der Waals surface area contributed by atoms with Crippen molar-refractivity contribution >= 4 is 23.5 Å². The van der Waals surface area contributed by atoms with Gasteiger partial charge in [0.25, 0.3) is 0 Å². The molecule has 1 aromatic carbocycles. The minimum Gasteiger partial charge on any atom is -0.465 e. The molecule has 3 aliphatic rings. The molecule has 0 aromatic heterocycles. The largest absolute Gasteiger partial charge is 0.465 e. The number of carbonyl (C=O) groups is 3. The van der Waals surface area contributed by atoms with Crippen LogP contribution < -0.4 is 5.32 Å². The van der Waals surface area contributed by atoms with E-state index in [1.54, 1.807) is 29.2 Å². The maximum absolute atomic E-state index is 13.1. The number of ether oxygens (including phenoxy) is 3. The fourth-order valence-electron chi connectivity index (χ4n) is 3.92. The summed E-state index contributed by atoms with van der Waals surface area (Å²) in [4.78, 5) is 39.7. The molecule has 28 heavy (non-hydrogen) atoms. The summed E-state index contributed by atoms with van der Waals surface area (Å²) >= 11 is 0. The molecule has 150 valence electrons. The average Bonchev–Trinajstić information content (AvgIpc) is 3.43. The van der Waals surface area contributed by atoms with Crippen LogP contribution in [0.5, 0.6) is 0 Å². The van der Waals surface area contributed by atoms with Crippen molar-refractivity contribution in [3.05, 3.63) is 29.8 Å². The number of hydrogen-bond acceptors (Lipinski definition) is 6. The number of rotatable bonds is 4. The molecule has 2 heterocycles. The summed E-state index contributed by atoms with van der Waals surface area (Å²) in [6, 6.07) is 6.62. The van der Waals surface area contributed by atoms with Crippen LogP contribution in [0.3, 0.4) is 0 Å². The Hall–Kier alpha value is -2.45. The summed E-state index contributed by atoms with van der Waals surface area (Å²) < 4.78 is 16.2. The Morgan fingerprint density at radius 2 is 1.68 bits per heavy atom. The molecule has 1 aromatic rings. The van der Waals surface area contributed by atoms with Crippen molar-refractivity contribution in [2.75, 3.05) is 38.7 Å². The zero-order valence-electron chi connectivity index (χ0n) is 15.9. The summed E-state index contributed by atoms with van der Waals surface area (Å²) in [6.45, 7) is 2.18. The van der Waals surface area contributed by atoms with Crippen molar-refractivity contribution in [3.63, 3.8) is 0 Å². The Morgan fingerprint density at radius 3 is 2.29 bits per heavy atom. The van der Waals surface area contributed by atoms with Crippen LogP contribution in [0.15, 0.2) is 24.3 Å². The van der Waals surface area contributed by atoms with Crippen molar-refractivity contribution < 1.29 is 28.6 Å². The van der Waals surface area contributed by atoms with Gasteiger partial charge in [-0.15, -0.1) is 0 Å². The lowest BCUT2D eigenvalue weighted by molar-refractivity contribution is -0.188. The molecule has 1 N–H and O–H groups in total. The summed E-state index contributed by atoms with van der Waals surface area (Å²) in [5.41, 5.74) is -0.439. The zero-order chi connectivity index (χ0) is 19.8. The van der Waals surface area contributed by atoms with Gasteiger partial charge in [0.1, 0.15) is 5.41 Å². The third kappa shape index (κ3) is 3.27. The second-order valence-electron chi connectivity index (χ2n) is 7.47. The molecule has 1 spiro atoms. The van der Waals surface area contributed by atoms with Crippen LogP contribution in [0.1, 0.15) is 36.0 Å². The molecular formula is C20H24N2O6.